The number of imidazole rings is 2. The smallest absolute Gasteiger partial charge is 0.407 e. The van der Waals surface area contributed by atoms with Crippen molar-refractivity contribution in [2.75, 3.05) is 34.0 Å². The van der Waals surface area contributed by atoms with Crippen molar-refractivity contribution in [3.63, 3.8) is 0 Å². The quantitative estimate of drug-likeness (QED) is 0.0879. The summed E-state index contributed by atoms with van der Waals surface area (Å²) in [7, 11) is 2.69. The van der Waals surface area contributed by atoms with E-state index in [9.17, 15) is 19.3 Å². The van der Waals surface area contributed by atoms with E-state index in [4.69, 9.17) is 9.47 Å². The molecule has 0 aliphatic carbocycles. The number of alkyl carbamates (subject to hydrolysis) is 1. The Labute approximate surface area is 331 Å². The molecule has 57 heavy (non-hydrogen) atoms. The maximum Gasteiger partial charge on any atom is 0.407 e. The van der Waals surface area contributed by atoms with Crippen LogP contribution in [0.25, 0.3) is 22.5 Å². The molecule has 2 saturated heterocycles. The molecular weight excluding hydrogens is 732 g/mol. The lowest BCUT2D eigenvalue weighted by Gasteiger charge is -2.30. The molecular formula is C42H50FN8O6+. The van der Waals surface area contributed by atoms with E-state index in [0.717, 1.165) is 36.1 Å². The van der Waals surface area contributed by atoms with Gasteiger partial charge in [0.25, 0.3) is 18.7 Å². The highest BCUT2D eigenvalue weighted by Crippen LogP contribution is 2.35. The number of rotatable bonds is 12. The second-order valence-electron chi connectivity index (χ2n) is 15.1. The molecule has 3 N–H and O–H groups in total. The van der Waals surface area contributed by atoms with Crippen LogP contribution in [0.4, 0.5) is 9.18 Å². The maximum atomic E-state index is 15.5. The van der Waals surface area contributed by atoms with Crippen molar-refractivity contribution in [2.24, 2.45) is 11.8 Å². The predicted octanol–water partition coefficient (Wildman–Crippen LogP) is 6.12. The number of hydrogen-bond acceptors (Lipinski definition) is 8. The zero-order valence-electron chi connectivity index (χ0n) is 33.2. The van der Waals surface area contributed by atoms with Crippen molar-refractivity contribution in [3.05, 3.63) is 88.4 Å². The number of ether oxygens (including phenoxy) is 2. The first kappa shape index (κ1) is 40.8. The summed E-state index contributed by atoms with van der Waals surface area (Å²) in [6.45, 7) is 8.31. The Morgan fingerprint density at radius 3 is 2.02 bits per heavy atom. The summed E-state index contributed by atoms with van der Waals surface area (Å²) in [4.78, 5) is 70.8. The standard InChI is InChI=1S/C42H49FN8O6/c1-25(2)36(48-42(54)57-6)40(52)49-19-7-9-34(49)39-45-23-33(47-39)30-18-15-28(21-31(30)43)12-11-27-13-16-29(17-14-27)32-22-44-38(46-32)35-10-8-20-50(35)41(53)37(26(3)4)51(55)24-56-5/h13-18,21-23,25-26,34-37H,7-10,19-20,24H2,1-6H3,(H2-,44,45,46,47,48,54)/p+1. The molecule has 14 nitrogen and oxygen atoms in total. The van der Waals surface area contributed by atoms with Crippen LogP contribution in [0.3, 0.4) is 0 Å². The van der Waals surface area contributed by atoms with Gasteiger partial charge in [0, 0.05) is 52.5 Å². The molecule has 3 amide bonds. The summed E-state index contributed by atoms with van der Waals surface area (Å²) in [5.41, 5.74) is 3.73. The zero-order chi connectivity index (χ0) is 40.8. The van der Waals surface area contributed by atoms with Gasteiger partial charge in [0.05, 0.1) is 43.0 Å². The number of benzene rings is 2. The van der Waals surface area contributed by atoms with E-state index in [1.165, 1.54) is 20.3 Å². The molecule has 4 unspecified atom stereocenters. The van der Waals surface area contributed by atoms with Gasteiger partial charge in [0.15, 0.2) is 0 Å². The molecule has 2 aromatic heterocycles. The van der Waals surface area contributed by atoms with Crippen LogP contribution in [0.5, 0.6) is 0 Å². The highest BCUT2D eigenvalue weighted by molar-refractivity contribution is 5.86. The topological polar surface area (TPSA) is 166 Å². The van der Waals surface area contributed by atoms with Crippen molar-refractivity contribution < 1.29 is 33.0 Å². The van der Waals surface area contributed by atoms with Crippen LogP contribution >= 0.6 is 0 Å². The number of aromatic nitrogens is 4. The minimum Gasteiger partial charge on any atom is -0.453 e. The van der Waals surface area contributed by atoms with Crippen LogP contribution in [0.1, 0.15) is 88.2 Å². The Morgan fingerprint density at radius 2 is 1.44 bits per heavy atom. The minimum atomic E-state index is -0.843. The molecule has 2 fully saturated rings. The molecule has 4 heterocycles. The number of likely N-dealkylation sites (tertiary alicyclic amines) is 2. The lowest BCUT2D eigenvalue weighted by atomic mass is 10.0. The zero-order valence-corrected chi connectivity index (χ0v) is 33.2. The largest absolute Gasteiger partial charge is 0.453 e. The highest BCUT2D eigenvalue weighted by Gasteiger charge is 2.44. The number of hydrogen-bond donors (Lipinski definition) is 3. The lowest BCUT2D eigenvalue weighted by Crippen LogP contribution is -2.51. The third-order valence-corrected chi connectivity index (χ3v) is 10.5. The fraction of sp³-hybridized carbons (Fsp3) is 0.452. The number of nitroso groups, excluding NO2 is 1. The monoisotopic (exact) mass is 781 g/mol. The first-order chi connectivity index (χ1) is 27.4. The number of carbonyl (C=O) groups is 3. The maximum absolute atomic E-state index is 15.5. The Bertz CT molecular complexity index is 2150. The Balaban J connectivity index is 1.10. The molecule has 2 aliphatic heterocycles. The number of nitrogens with zero attached hydrogens (tertiary/aromatic N) is 5. The predicted molar refractivity (Wildman–Crippen MR) is 210 cm³/mol. The first-order valence-electron chi connectivity index (χ1n) is 19.3. The number of amides is 3. The number of H-pyrrole nitrogens is 2. The first-order valence-corrected chi connectivity index (χ1v) is 19.3. The van der Waals surface area contributed by atoms with Crippen LogP contribution in [0, 0.1) is 34.4 Å². The molecule has 0 spiro atoms. The van der Waals surface area contributed by atoms with Gasteiger partial charge in [0.1, 0.15) is 23.5 Å². The van der Waals surface area contributed by atoms with Crippen molar-refractivity contribution in [3.8, 4) is 34.4 Å². The molecule has 4 atom stereocenters. The van der Waals surface area contributed by atoms with Gasteiger partial charge >= 0.3 is 6.09 Å². The van der Waals surface area contributed by atoms with Crippen molar-refractivity contribution in [1.29, 1.82) is 0 Å². The van der Waals surface area contributed by atoms with Gasteiger partial charge in [-0.25, -0.2) is 19.2 Å². The number of aromatic amines is 2. The summed E-state index contributed by atoms with van der Waals surface area (Å²) in [5.74, 6) is 6.12. The van der Waals surface area contributed by atoms with Crippen LogP contribution in [-0.4, -0.2) is 98.5 Å². The van der Waals surface area contributed by atoms with E-state index >= 15 is 4.39 Å². The van der Waals surface area contributed by atoms with Gasteiger partial charge in [-0.1, -0.05) is 51.7 Å². The molecule has 4 aromatic rings. The number of methoxy groups -OCH3 is 2. The fourth-order valence-corrected chi connectivity index (χ4v) is 7.61. The molecule has 0 radical (unpaired) electrons. The van der Waals surface area contributed by atoms with E-state index in [-0.39, 0.29) is 42.5 Å². The Hall–Kier alpha value is -5.88. The third kappa shape index (κ3) is 9.07. The highest BCUT2D eigenvalue weighted by atomic mass is 19.1. The summed E-state index contributed by atoms with van der Waals surface area (Å²) < 4.78 is 25.9. The second kappa shape index (κ2) is 17.9. The van der Waals surface area contributed by atoms with Gasteiger partial charge < -0.3 is 34.6 Å². The molecule has 6 rings (SSSR count). The molecule has 0 saturated carbocycles. The average molecular weight is 782 g/mol. The number of nitrogens with one attached hydrogen (secondary N) is 3. The second-order valence-corrected chi connectivity index (χ2v) is 15.1. The third-order valence-electron chi connectivity index (χ3n) is 10.5. The van der Waals surface area contributed by atoms with Crippen molar-refractivity contribution in [2.45, 2.75) is 77.5 Å². The summed E-state index contributed by atoms with van der Waals surface area (Å²) in [5, 5.41) is 2.64. The SMILES string of the molecule is COC[N+](=O)C(C(=O)N1CCCC1c1ncc(-c2ccc(C#Cc3ccc(-c4cnc(C5CCCN5C(=O)C(NC(=O)OC)C(C)C)[nH]4)c(F)c3)cc2)[nH]1)C(C)C. The molecule has 2 aliphatic rings. The van der Waals surface area contributed by atoms with E-state index in [2.05, 4.69) is 37.1 Å². The number of carbonyl (C=O) groups excluding carboxylic acids is 3. The van der Waals surface area contributed by atoms with Crippen molar-refractivity contribution in [1.82, 2.24) is 35.1 Å². The Morgan fingerprint density at radius 1 is 0.860 bits per heavy atom. The Kier molecular flexibility index (Phi) is 12.8. The van der Waals surface area contributed by atoms with Crippen LogP contribution in [-0.2, 0) is 19.1 Å². The molecule has 15 heteroatoms. The summed E-state index contributed by atoms with van der Waals surface area (Å²) >= 11 is 0. The van der Waals surface area contributed by atoms with Gasteiger partial charge in [-0.2, -0.15) is 0 Å². The number of halogens is 1. The summed E-state index contributed by atoms with van der Waals surface area (Å²) in [6, 6.07) is 10.2. The van der Waals surface area contributed by atoms with Crippen LogP contribution < -0.4 is 5.32 Å². The van der Waals surface area contributed by atoms with E-state index in [1.807, 2.05) is 52.0 Å². The van der Waals surface area contributed by atoms with Crippen molar-refractivity contribution >= 4 is 17.9 Å². The van der Waals surface area contributed by atoms with Gasteiger partial charge in [-0.15, -0.1) is 0 Å². The van der Waals surface area contributed by atoms with Crippen LogP contribution in [0.2, 0.25) is 0 Å². The van der Waals surface area contributed by atoms with E-state index < -0.39 is 24.0 Å². The molecule has 0 bridgehead atoms. The molecule has 300 valence electrons. The van der Waals surface area contributed by atoms with Crippen LogP contribution in [0.15, 0.2) is 54.9 Å². The van der Waals surface area contributed by atoms with E-state index in [1.54, 1.807) is 34.3 Å². The fourth-order valence-electron chi connectivity index (χ4n) is 7.61. The minimum absolute atomic E-state index is 0.158. The van der Waals surface area contributed by atoms with Gasteiger partial charge in [0.2, 0.25) is 5.91 Å². The van der Waals surface area contributed by atoms with Gasteiger partial charge in [-0.3, -0.25) is 9.59 Å². The molecule has 2 aromatic carbocycles. The lowest BCUT2D eigenvalue weighted by molar-refractivity contribution is -0.613. The normalized spacial score (nSPS) is 17.7. The van der Waals surface area contributed by atoms with E-state index in [0.29, 0.717) is 52.7 Å². The average Bonchev–Trinajstić information content (AvgIpc) is 4.03. The van der Waals surface area contributed by atoms with Gasteiger partial charge in [-0.05, 0) is 67.5 Å². The summed E-state index contributed by atoms with van der Waals surface area (Å²) in [6.07, 6.45) is 5.64.